The van der Waals surface area contributed by atoms with Crippen molar-refractivity contribution in [3.8, 4) is 0 Å². The largest absolute Gasteiger partial charge is 0.368 e. The van der Waals surface area contributed by atoms with E-state index in [2.05, 4.69) is 29.4 Å². The predicted molar refractivity (Wildman–Crippen MR) is 90.1 cm³/mol. The molecule has 0 aliphatic heterocycles. The van der Waals surface area contributed by atoms with Gasteiger partial charge in [0.25, 0.3) is 0 Å². The van der Waals surface area contributed by atoms with E-state index in [1.54, 1.807) is 23.1 Å². The summed E-state index contributed by atoms with van der Waals surface area (Å²) < 4.78 is 0.911. The van der Waals surface area contributed by atoms with Gasteiger partial charge in [-0.25, -0.2) is 0 Å². The molecule has 0 bridgehead atoms. The number of carbonyl (C=O) groups is 1. The Morgan fingerprint density at radius 3 is 2.67 bits per heavy atom. The zero-order valence-corrected chi connectivity index (χ0v) is 15.0. The van der Waals surface area contributed by atoms with Crippen LogP contribution in [0.15, 0.2) is 4.34 Å². The number of nitrogens with one attached hydrogen (secondary N) is 1. The lowest BCUT2D eigenvalue weighted by atomic mass is 9.95. The van der Waals surface area contributed by atoms with Gasteiger partial charge < -0.3 is 16.0 Å². The van der Waals surface area contributed by atoms with Gasteiger partial charge in [-0.1, -0.05) is 36.9 Å². The second-order valence-corrected chi connectivity index (χ2v) is 8.14. The minimum atomic E-state index is -0.683. The fraction of sp³-hybridized carbons (Fsp3) is 0.769. The molecule has 0 saturated heterocycles. The van der Waals surface area contributed by atoms with Crippen molar-refractivity contribution in [1.29, 1.82) is 0 Å². The molecular weight excluding hydrogens is 306 g/mol. The molecule has 1 aromatic rings. The summed E-state index contributed by atoms with van der Waals surface area (Å²) >= 11 is 3.18. The van der Waals surface area contributed by atoms with Gasteiger partial charge in [0, 0.05) is 19.3 Å². The third-order valence-electron chi connectivity index (χ3n) is 3.09. The van der Waals surface area contributed by atoms with E-state index in [0.717, 1.165) is 22.4 Å². The van der Waals surface area contributed by atoms with Crippen molar-refractivity contribution in [1.82, 2.24) is 15.5 Å². The smallest absolute Gasteiger partial charge is 0.237 e. The van der Waals surface area contributed by atoms with E-state index < -0.39 is 5.54 Å². The molecule has 1 rings (SSSR count). The molecule has 3 N–H and O–H groups in total. The van der Waals surface area contributed by atoms with Gasteiger partial charge in [-0.05, 0) is 26.3 Å². The van der Waals surface area contributed by atoms with Gasteiger partial charge in [0.05, 0.1) is 5.54 Å². The summed E-state index contributed by atoms with van der Waals surface area (Å²) in [6.45, 7) is 6.79. The lowest BCUT2D eigenvalue weighted by Gasteiger charge is -2.29. The topological polar surface area (TPSA) is 84.1 Å². The van der Waals surface area contributed by atoms with E-state index in [-0.39, 0.29) is 11.2 Å². The van der Waals surface area contributed by atoms with Crippen molar-refractivity contribution >= 4 is 34.1 Å². The Kier molecular flexibility index (Phi) is 6.89. The van der Waals surface area contributed by atoms with E-state index in [1.807, 2.05) is 25.9 Å². The van der Waals surface area contributed by atoms with Gasteiger partial charge in [0.1, 0.15) is 0 Å². The zero-order chi connectivity index (χ0) is 16.0. The summed E-state index contributed by atoms with van der Waals surface area (Å²) in [5.74, 6) is -0.311. The first-order valence-corrected chi connectivity index (χ1v) is 8.70. The van der Waals surface area contributed by atoms with Crippen molar-refractivity contribution in [3.05, 3.63) is 0 Å². The fourth-order valence-corrected chi connectivity index (χ4v) is 4.14. The number of aromatic nitrogens is 2. The molecule has 2 unspecified atom stereocenters. The van der Waals surface area contributed by atoms with Crippen LogP contribution in [0.3, 0.4) is 0 Å². The molecule has 0 radical (unpaired) electrons. The molecule has 0 fully saturated rings. The highest BCUT2D eigenvalue weighted by Crippen LogP contribution is 2.33. The van der Waals surface area contributed by atoms with Crippen LogP contribution in [-0.4, -0.2) is 47.5 Å². The Hall–Kier alpha value is -0.860. The van der Waals surface area contributed by atoms with Gasteiger partial charge in [-0.15, -0.1) is 10.2 Å². The molecule has 2 atom stereocenters. The van der Waals surface area contributed by atoms with E-state index in [4.69, 9.17) is 5.73 Å². The van der Waals surface area contributed by atoms with Gasteiger partial charge in [0.2, 0.25) is 11.0 Å². The lowest BCUT2D eigenvalue weighted by Crippen LogP contribution is -2.54. The monoisotopic (exact) mass is 331 g/mol. The molecule has 1 amide bonds. The van der Waals surface area contributed by atoms with Gasteiger partial charge in [-0.3, -0.25) is 4.79 Å². The molecule has 0 saturated carbocycles. The summed E-state index contributed by atoms with van der Waals surface area (Å²) in [7, 11) is 3.88. The summed E-state index contributed by atoms with van der Waals surface area (Å²) in [6, 6.07) is 0. The van der Waals surface area contributed by atoms with E-state index in [0.29, 0.717) is 6.42 Å². The SMILES string of the molecule is CCCNC(C)(CC(C)Sc1nnc(N(C)C)s1)C(N)=O. The quantitative estimate of drug-likeness (QED) is 0.670. The molecule has 0 aromatic carbocycles. The third kappa shape index (κ3) is 5.44. The number of nitrogens with two attached hydrogens (primary N) is 1. The van der Waals surface area contributed by atoms with Crippen LogP contribution in [0.1, 0.15) is 33.6 Å². The second-order valence-electron chi connectivity index (χ2n) is 5.50. The van der Waals surface area contributed by atoms with Crippen LogP contribution in [-0.2, 0) is 4.79 Å². The van der Waals surface area contributed by atoms with Gasteiger partial charge >= 0.3 is 0 Å². The maximum absolute atomic E-state index is 11.7. The molecule has 21 heavy (non-hydrogen) atoms. The highest BCUT2D eigenvalue weighted by molar-refractivity contribution is 8.01. The molecule has 0 aliphatic carbocycles. The number of amides is 1. The Balaban J connectivity index is 2.64. The van der Waals surface area contributed by atoms with Crippen molar-refractivity contribution < 1.29 is 4.79 Å². The van der Waals surface area contributed by atoms with Crippen LogP contribution < -0.4 is 16.0 Å². The molecule has 0 spiro atoms. The van der Waals surface area contributed by atoms with E-state index in [1.165, 1.54) is 0 Å². The molecule has 0 aliphatic rings. The Bertz CT molecular complexity index is 465. The lowest BCUT2D eigenvalue weighted by molar-refractivity contribution is -0.124. The van der Waals surface area contributed by atoms with Crippen molar-refractivity contribution in [2.75, 3.05) is 25.5 Å². The van der Waals surface area contributed by atoms with Crippen LogP contribution in [0.2, 0.25) is 0 Å². The van der Waals surface area contributed by atoms with Gasteiger partial charge in [-0.2, -0.15) is 0 Å². The Morgan fingerprint density at radius 2 is 2.19 bits per heavy atom. The number of anilines is 1. The molecule has 1 heterocycles. The number of nitrogens with zero attached hydrogens (tertiary/aromatic N) is 3. The molecular formula is C13H25N5OS2. The van der Waals surface area contributed by atoms with Crippen molar-refractivity contribution in [2.45, 2.75) is 48.7 Å². The maximum atomic E-state index is 11.7. The van der Waals surface area contributed by atoms with Gasteiger partial charge in [0.15, 0.2) is 4.34 Å². The van der Waals surface area contributed by atoms with Crippen molar-refractivity contribution in [2.24, 2.45) is 5.73 Å². The summed E-state index contributed by atoms with van der Waals surface area (Å²) in [6.07, 6.45) is 1.62. The first-order chi connectivity index (χ1) is 9.78. The van der Waals surface area contributed by atoms with E-state index >= 15 is 0 Å². The van der Waals surface area contributed by atoms with Crippen LogP contribution in [0.4, 0.5) is 5.13 Å². The number of hydrogen-bond acceptors (Lipinski definition) is 7. The zero-order valence-electron chi connectivity index (χ0n) is 13.3. The Labute approximate surface area is 134 Å². The minimum absolute atomic E-state index is 0.217. The van der Waals surface area contributed by atoms with Crippen LogP contribution in [0.5, 0.6) is 0 Å². The normalized spacial score (nSPS) is 15.5. The summed E-state index contributed by atoms with van der Waals surface area (Å²) in [4.78, 5) is 13.7. The Morgan fingerprint density at radius 1 is 1.52 bits per heavy atom. The first-order valence-electron chi connectivity index (χ1n) is 7.01. The standard InChI is InChI=1S/C13H25N5OS2/c1-6-7-15-13(3,10(14)19)8-9(2)20-12-17-16-11(21-12)18(4)5/h9,15H,6-8H2,1-5H3,(H2,14,19). The first kappa shape index (κ1) is 18.2. The molecule has 120 valence electrons. The second kappa shape index (κ2) is 7.95. The van der Waals surface area contributed by atoms with Crippen LogP contribution in [0, 0.1) is 0 Å². The summed E-state index contributed by atoms with van der Waals surface area (Å²) in [5.41, 5.74) is 4.87. The minimum Gasteiger partial charge on any atom is -0.368 e. The number of thioether (sulfide) groups is 1. The highest BCUT2D eigenvalue weighted by Gasteiger charge is 2.32. The van der Waals surface area contributed by atoms with E-state index in [9.17, 15) is 4.79 Å². The predicted octanol–water partition coefficient (Wildman–Crippen LogP) is 1.72. The van der Waals surface area contributed by atoms with Crippen LogP contribution >= 0.6 is 23.1 Å². The number of hydrogen-bond donors (Lipinski definition) is 2. The number of carbonyl (C=O) groups excluding carboxylic acids is 1. The molecule has 6 nitrogen and oxygen atoms in total. The average molecular weight is 332 g/mol. The third-order valence-corrected chi connectivity index (χ3v) is 5.36. The average Bonchev–Trinajstić information content (AvgIpc) is 2.84. The fourth-order valence-electron chi connectivity index (χ4n) is 1.88. The molecule has 1 aromatic heterocycles. The number of rotatable bonds is 9. The van der Waals surface area contributed by atoms with Crippen molar-refractivity contribution in [3.63, 3.8) is 0 Å². The highest BCUT2D eigenvalue weighted by atomic mass is 32.2. The summed E-state index contributed by atoms with van der Waals surface area (Å²) in [5, 5.41) is 12.6. The van der Waals surface area contributed by atoms with Crippen LogP contribution in [0.25, 0.3) is 0 Å². The molecule has 8 heteroatoms. The number of primary amides is 1. The maximum Gasteiger partial charge on any atom is 0.237 e.